The number of carboxylic acid groups (broad SMARTS) is 1. The highest BCUT2D eigenvalue weighted by Gasteiger charge is 2.14. The second-order valence-electron chi connectivity index (χ2n) is 5.13. The quantitative estimate of drug-likeness (QED) is 0.595. The van der Waals surface area contributed by atoms with Gasteiger partial charge in [0.25, 0.3) is 0 Å². The van der Waals surface area contributed by atoms with Crippen LogP contribution in [0, 0.1) is 12.7 Å². The van der Waals surface area contributed by atoms with Crippen LogP contribution in [0.2, 0.25) is 0 Å². The summed E-state index contributed by atoms with van der Waals surface area (Å²) in [6.07, 6.45) is 0. The lowest BCUT2D eigenvalue weighted by atomic mass is 10.2. The van der Waals surface area contributed by atoms with Crippen molar-refractivity contribution in [1.82, 2.24) is 10.2 Å². The van der Waals surface area contributed by atoms with Crippen molar-refractivity contribution < 1.29 is 18.7 Å². The molecule has 0 aliphatic rings. The Balaban J connectivity index is 1.54. The average molecular weight is 379 g/mol. The Morgan fingerprint density at radius 2 is 2.12 bits per heavy atom. The lowest BCUT2D eigenvalue weighted by Crippen LogP contribution is -1.98. The molecule has 0 fully saturated rings. The Kier molecular flexibility index (Phi) is 5.34. The molecule has 0 saturated heterocycles. The summed E-state index contributed by atoms with van der Waals surface area (Å²) in [5.74, 6) is 0.178. The molecule has 0 unspecified atom stereocenters. The van der Waals surface area contributed by atoms with Crippen molar-refractivity contribution in [3.63, 3.8) is 0 Å². The molecule has 9 heteroatoms. The second kappa shape index (κ2) is 7.66. The molecule has 2 heterocycles. The Bertz CT molecular complexity index is 877. The van der Waals surface area contributed by atoms with Crippen LogP contribution < -0.4 is 5.32 Å². The summed E-state index contributed by atoms with van der Waals surface area (Å²) in [6, 6.07) is 7.76. The average Bonchev–Trinajstić information content (AvgIpc) is 3.19. The van der Waals surface area contributed by atoms with Crippen LogP contribution in [0.15, 0.2) is 39.1 Å². The fourth-order valence-corrected chi connectivity index (χ4v) is 3.71. The van der Waals surface area contributed by atoms with Crippen LogP contribution >= 0.6 is 23.1 Å². The van der Waals surface area contributed by atoms with Gasteiger partial charge in [-0.15, -0.1) is 10.2 Å². The highest BCUT2D eigenvalue weighted by Crippen LogP contribution is 2.29. The largest absolute Gasteiger partial charge is 0.478 e. The van der Waals surface area contributed by atoms with Crippen molar-refractivity contribution >= 4 is 34.2 Å². The van der Waals surface area contributed by atoms with Gasteiger partial charge in [0.1, 0.15) is 22.9 Å². The zero-order valence-corrected chi connectivity index (χ0v) is 14.8. The van der Waals surface area contributed by atoms with Gasteiger partial charge in [-0.1, -0.05) is 35.2 Å². The third-order valence-electron chi connectivity index (χ3n) is 3.30. The summed E-state index contributed by atoms with van der Waals surface area (Å²) in [6.45, 7) is 2.15. The molecule has 2 aromatic heterocycles. The normalized spacial score (nSPS) is 10.8. The van der Waals surface area contributed by atoms with Gasteiger partial charge in [-0.25, -0.2) is 9.18 Å². The van der Waals surface area contributed by atoms with Gasteiger partial charge < -0.3 is 14.8 Å². The number of carboxylic acids is 1. The SMILES string of the molecule is Cc1oc(CSc2nnc(NCc3ccc(F)cc3)s2)cc1C(=O)O. The molecular formula is C16H14FN3O3S2. The number of furan rings is 1. The van der Waals surface area contributed by atoms with Crippen molar-refractivity contribution in [2.24, 2.45) is 0 Å². The van der Waals surface area contributed by atoms with E-state index in [1.54, 1.807) is 19.1 Å². The molecule has 3 rings (SSSR count). The van der Waals surface area contributed by atoms with Crippen molar-refractivity contribution in [3.8, 4) is 0 Å². The molecule has 0 bridgehead atoms. The molecule has 0 atom stereocenters. The highest BCUT2D eigenvalue weighted by molar-refractivity contribution is 8.00. The maximum atomic E-state index is 12.9. The number of halogens is 1. The maximum Gasteiger partial charge on any atom is 0.339 e. The maximum absolute atomic E-state index is 12.9. The molecule has 6 nitrogen and oxygen atoms in total. The molecule has 0 spiro atoms. The fourth-order valence-electron chi connectivity index (χ4n) is 2.08. The van der Waals surface area contributed by atoms with Crippen LogP contribution in [-0.2, 0) is 12.3 Å². The third kappa shape index (κ3) is 4.58. The lowest BCUT2D eigenvalue weighted by molar-refractivity contribution is 0.0695. The first-order chi connectivity index (χ1) is 12.0. The molecule has 0 saturated carbocycles. The molecule has 3 aromatic rings. The lowest BCUT2D eigenvalue weighted by Gasteiger charge is -2.01. The van der Waals surface area contributed by atoms with E-state index in [0.717, 1.165) is 9.90 Å². The van der Waals surface area contributed by atoms with Gasteiger partial charge in [-0.05, 0) is 30.7 Å². The molecule has 1 aromatic carbocycles. The monoisotopic (exact) mass is 379 g/mol. The number of aromatic nitrogens is 2. The summed E-state index contributed by atoms with van der Waals surface area (Å²) < 4.78 is 19.0. The topological polar surface area (TPSA) is 88.3 Å². The minimum Gasteiger partial charge on any atom is -0.478 e. The number of hydrogen-bond acceptors (Lipinski definition) is 7. The minimum atomic E-state index is -0.999. The smallest absolute Gasteiger partial charge is 0.339 e. The van der Waals surface area contributed by atoms with Gasteiger partial charge in [0, 0.05) is 6.54 Å². The highest BCUT2D eigenvalue weighted by atomic mass is 32.2. The standard InChI is InChI=1S/C16H14FN3O3S2/c1-9-13(14(21)22)6-12(23-9)8-24-16-20-19-15(25-16)18-7-10-2-4-11(17)5-3-10/h2-6H,7-8H2,1H3,(H,18,19)(H,21,22). The van der Waals surface area contributed by atoms with E-state index < -0.39 is 5.97 Å². The first kappa shape index (κ1) is 17.4. The van der Waals surface area contributed by atoms with Crippen molar-refractivity contribution in [2.45, 2.75) is 23.6 Å². The summed E-state index contributed by atoms with van der Waals surface area (Å²) in [7, 11) is 0. The van der Waals surface area contributed by atoms with E-state index in [1.165, 1.54) is 41.3 Å². The summed E-state index contributed by atoms with van der Waals surface area (Å²) in [5, 5.41) is 20.9. The van der Waals surface area contributed by atoms with E-state index in [-0.39, 0.29) is 11.4 Å². The predicted molar refractivity (Wildman–Crippen MR) is 93.6 cm³/mol. The van der Waals surface area contributed by atoms with Gasteiger partial charge in [-0.3, -0.25) is 0 Å². The third-order valence-corrected chi connectivity index (χ3v) is 5.34. The molecular weight excluding hydrogens is 365 g/mol. The zero-order chi connectivity index (χ0) is 17.8. The van der Waals surface area contributed by atoms with Crippen LogP contribution in [0.4, 0.5) is 9.52 Å². The number of anilines is 1. The Morgan fingerprint density at radius 1 is 1.36 bits per heavy atom. The number of carbonyl (C=O) groups is 1. The minimum absolute atomic E-state index is 0.175. The molecule has 0 radical (unpaired) electrons. The van der Waals surface area contributed by atoms with Crippen LogP contribution in [0.3, 0.4) is 0 Å². The number of thioether (sulfide) groups is 1. The Morgan fingerprint density at radius 3 is 2.80 bits per heavy atom. The van der Waals surface area contributed by atoms with Gasteiger partial charge in [-0.2, -0.15) is 0 Å². The van der Waals surface area contributed by atoms with E-state index in [0.29, 0.717) is 28.9 Å². The van der Waals surface area contributed by atoms with E-state index in [9.17, 15) is 9.18 Å². The van der Waals surface area contributed by atoms with Crippen molar-refractivity contribution in [2.75, 3.05) is 5.32 Å². The molecule has 130 valence electrons. The number of rotatable bonds is 7. The molecule has 0 aliphatic carbocycles. The number of hydrogen-bond donors (Lipinski definition) is 2. The van der Waals surface area contributed by atoms with E-state index in [4.69, 9.17) is 9.52 Å². The van der Waals surface area contributed by atoms with Crippen LogP contribution in [0.5, 0.6) is 0 Å². The number of benzene rings is 1. The summed E-state index contributed by atoms with van der Waals surface area (Å²) >= 11 is 2.81. The first-order valence-corrected chi connectivity index (χ1v) is 9.08. The summed E-state index contributed by atoms with van der Waals surface area (Å²) in [4.78, 5) is 11.0. The van der Waals surface area contributed by atoms with Crippen molar-refractivity contribution in [1.29, 1.82) is 0 Å². The van der Waals surface area contributed by atoms with Crippen molar-refractivity contribution in [3.05, 3.63) is 58.8 Å². The predicted octanol–water partition coefficient (Wildman–Crippen LogP) is 4.18. The van der Waals surface area contributed by atoms with Crippen LogP contribution in [0.1, 0.15) is 27.4 Å². The molecule has 0 aliphatic heterocycles. The molecule has 0 amide bonds. The second-order valence-corrected chi connectivity index (χ2v) is 7.33. The summed E-state index contributed by atoms with van der Waals surface area (Å²) in [5.41, 5.74) is 1.12. The number of aromatic carboxylic acids is 1. The van der Waals surface area contributed by atoms with Gasteiger partial charge in [0.2, 0.25) is 5.13 Å². The van der Waals surface area contributed by atoms with Crippen LogP contribution in [0.25, 0.3) is 0 Å². The molecule has 2 N–H and O–H groups in total. The fraction of sp³-hybridized carbons (Fsp3) is 0.188. The Hall–Kier alpha value is -2.39. The number of aryl methyl sites for hydroxylation is 1. The Labute approximate surface area is 151 Å². The molecule has 25 heavy (non-hydrogen) atoms. The van der Waals surface area contributed by atoms with E-state index >= 15 is 0 Å². The number of nitrogens with one attached hydrogen (secondary N) is 1. The van der Waals surface area contributed by atoms with Gasteiger partial charge >= 0.3 is 5.97 Å². The number of nitrogens with zero attached hydrogens (tertiary/aromatic N) is 2. The van der Waals surface area contributed by atoms with Gasteiger partial charge in [0.05, 0.1) is 5.75 Å². The van der Waals surface area contributed by atoms with E-state index in [1.807, 2.05) is 0 Å². The zero-order valence-electron chi connectivity index (χ0n) is 13.2. The van der Waals surface area contributed by atoms with E-state index in [2.05, 4.69) is 15.5 Å². The van der Waals surface area contributed by atoms with Gasteiger partial charge in [0.15, 0.2) is 4.34 Å². The first-order valence-electron chi connectivity index (χ1n) is 7.28. The van der Waals surface area contributed by atoms with Crippen LogP contribution in [-0.4, -0.2) is 21.3 Å².